The van der Waals surface area contributed by atoms with E-state index in [4.69, 9.17) is 11.6 Å². The fourth-order valence-corrected chi connectivity index (χ4v) is 3.00. The Labute approximate surface area is 141 Å². The number of aliphatic hydroxyl groups excluding tert-OH is 1. The predicted octanol–water partition coefficient (Wildman–Crippen LogP) is 4.00. The number of halogens is 1. The Morgan fingerprint density at radius 3 is 2.91 bits per heavy atom. The van der Waals surface area contributed by atoms with Crippen molar-refractivity contribution in [3.05, 3.63) is 70.4 Å². The summed E-state index contributed by atoms with van der Waals surface area (Å²) in [5.41, 5.74) is 4.57. The number of H-pyrrole nitrogens is 1. The Morgan fingerprint density at radius 2 is 2.09 bits per heavy atom. The third-order valence-corrected chi connectivity index (χ3v) is 4.30. The van der Waals surface area contributed by atoms with Crippen LogP contribution in [0.3, 0.4) is 0 Å². The zero-order valence-corrected chi connectivity index (χ0v) is 13.9. The normalized spacial score (nSPS) is 12.7. The van der Waals surface area contributed by atoms with Gasteiger partial charge in [0.15, 0.2) is 0 Å². The van der Waals surface area contributed by atoms with E-state index < -0.39 is 6.10 Å². The molecule has 4 heteroatoms. The highest BCUT2D eigenvalue weighted by Gasteiger charge is 2.08. The quantitative estimate of drug-likeness (QED) is 0.599. The molecule has 3 N–H and O–H groups in total. The van der Waals surface area contributed by atoms with Crippen molar-refractivity contribution in [2.45, 2.75) is 19.4 Å². The molecule has 0 aliphatic carbocycles. The molecule has 3 aromatic rings. The minimum atomic E-state index is -0.542. The molecule has 0 saturated heterocycles. The number of aliphatic hydroxyl groups is 1. The Bertz CT molecular complexity index is 797. The molecule has 1 aromatic heterocycles. The first-order valence-electron chi connectivity index (χ1n) is 7.84. The van der Waals surface area contributed by atoms with Gasteiger partial charge in [0.25, 0.3) is 0 Å². The Balaban J connectivity index is 1.53. The lowest BCUT2D eigenvalue weighted by molar-refractivity contribution is 0.175. The zero-order valence-electron chi connectivity index (χ0n) is 13.1. The van der Waals surface area contributed by atoms with Crippen molar-refractivity contribution < 1.29 is 5.11 Å². The topological polar surface area (TPSA) is 48.0 Å². The number of aryl methyl sites for hydroxylation is 1. The van der Waals surface area contributed by atoms with Crippen LogP contribution in [-0.2, 0) is 6.42 Å². The third kappa shape index (κ3) is 3.94. The van der Waals surface area contributed by atoms with E-state index in [9.17, 15) is 5.11 Å². The van der Waals surface area contributed by atoms with E-state index in [1.165, 1.54) is 22.0 Å². The van der Waals surface area contributed by atoms with Gasteiger partial charge in [-0.15, -0.1) is 0 Å². The van der Waals surface area contributed by atoms with Crippen LogP contribution in [0.15, 0.2) is 48.7 Å². The summed E-state index contributed by atoms with van der Waals surface area (Å²) in [6.07, 6.45) is 2.45. The van der Waals surface area contributed by atoms with Crippen molar-refractivity contribution in [3.8, 4) is 0 Å². The largest absolute Gasteiger partial charge is 0.387 e. The van der Waals surface area contributed by atoms with Gasteiger partial charge in [-0.05, 0) is 54.8 Å². The average Bonchev–Trinajstić information content (AvgIpc) is 2.93. The molecule has 0 fully saturated rings. The van der Waals surface area contributed by atoms with Crippen molar-refractivity contribution in [2.75, 3.05) is 13.1 Å². The van der Waals surface area contributed by atoms with E-state index in [2.05, 4.69) is 41.6 Å². The first-order chi connectivity index (χ1) is 11.1. The fraction of sp³-hybridized carbons (Fsp3) is 0.263. The van der Waals surface area contributed by atoms with Crippen LogP contribution in [0.25, 0.3) is 10.9 Å². The molecule has 0 amide bonds. The highest BCUT2D eigenvalue weighted by molar-refractivity contribution is 6.30. The maximum Gasteiger partial charge on any atom is 0.0914 e. The summed E-state index contributed by atoms with van der Waals surface area (Å²) >= 11 is 5.95. The van der Waals surface area contributed by atoms with Gasteiger partial charge in [0.05, 0.1) is 6.10 Å². The van der Waals surface area contributed by atoms with Crippen LogP contribution >= 0.6 is 11.6 Å². The molecule has 1 heterocycles. The number of nitrogens with one attached hydrogen (secondary N) is 2. The van der Waals surface area contributed by atoms with Gasteiger partial charge in [-0.1, -0.05) is 35.9 Å². The van der Waals surface area contributed by atoms with Crippen LogP contribution < -0.4 is 5.32 Å². The molecule has 0 spiro atoms. The second-order valence-corrected chi connectivity index (χ2v) is 6.32. The third-order valence-electron chi connectivity index (χ3n) is 4.07. The second kappa shape index (κ2) is 7.18. The molecular formula is C19H21ClN2O. The Morgan fingerprint density at radius 1 is 1.22 bits per heavy atom. The van der Waals surface area contributed by atoms with Crippen molar-refractivity contribution in [1.29, 1.82) is 0 Å². The molecule has 1 unspecified atom stereocenters. The molecule has 0 aliphatic heterocycles. The van der Waals surface area contributed by atoms with E-state index in [1.807, 2.05) is 18.2 Å². The molecule has 0 radical (unpaired) electrons. The summed E-state index contributed by atoms with van der Waals surface area (Å²) < 4.78 is 0. The summed E-state index contributed by atoms with van der Waals surface area (Å²) in [4.78, 5) is 3.32. The number of fused-ring (bicyclic) bond motifs is 1. The lowest BCUT2D eigenvalue weighted by Crippen LogP contribution is -2.23. The van der Waals surface area contributed by atoms with E-state index in [1.54, 1.807) is 6.07 Å². The highest BCUT2D eigenvalue weighted by Crippen LogP contribution is 2.20. The minimum absolute atomic E-state index is 0.516. The number of aromatic nitrogens is 1. The average molecular weight is 329 g/mol. The number of benzene rings is 2. The molecule has 3 nitrogen and oxygen atoms in total. The van der Waals surface area contributed by atoms with Gasteiger partial charge in [0, 0.05) is 28.7 Å². The van der Waals surface area contributed by atoms with Crippen molar-refractivity contribution in [1.82, 2.24) is 10.3 Å². The molecule has 0 saturated carbocycles. The second-order valence-electron chi connectivity index (χ2n) is 5.89. The van der Waals surface area contributed by atoms with E-state index in [0.717, 1.165) is 18.5 Å². The number of hydrogen-bond donors (Lipinski definition) is 3. The maximum atomic E-state index is 10.2. The molecule has 23 heavy (non-hydrogen) atoms. The molecule has 0 bridgehead atoms. The summed E-state index contributed by atoms with van der Waals surface area (Å²) in [5, 5.41) is 15.4. The van der Waals surface area contributed by atoms with Gasteiger partial charge in [-0.3, -0.25) is 0 Å². The fourth-order valence-electron chi connectivity index (χ4n) is 2.80. The molecule has 2 aromatic carbocycles. The molecule has 0 aliphatic rings. The standard InChI is InChI=1S/C19H21ClN2O/c1-13-5-6-17-15(11-22-18(17)9-13)7-8-21-12-19(23)14-3-2-4-16(20)10-14/h2-6,9-11,19,21-23H,7-8,12H2,1H3. The maximum absolute atomic E-state index is 10.2. The molecule has 3 rings (SSSR count). The highest BCUT2D eigenvalue weighted by atomic mass is 35.5. The molecule has 1 atom stereocenters. The minimum Gasteiger partial charge on any atom is -0.387 e. The smallest absolute Gasteiger partial charge is 0.0914 e. The Kier molecular flexibility index (Phi) is 5.01. The first-order valence-corrected chi connectivity index (χ1v) is 8.22. The van der Waals surface area contributed by atoms with Gasteiger partial charge in [0.2, 0.25) is 0 Å². The van der Waals surface area contributed by atoms with Crippen molar-refractivity contribution in [2.24, 2.45) is 0 Å². The molecule has 120 valence electrons. The monoisotopic (exact) mass is 328 g/mol. The van der Waals surface area contributed by atoms with Gasteiger partial charge in [0.1, 0.15) is 0 Å². The van der Waals surface area contributed by atoms with E-state index in [-0.39, 0.29) is 0 Å². The van der Waals surface area contributed by atoms with Crippen LogP contribution in [-0.4, -0.2) is 23.2 Å². The number of aromatic amines is 1. The number of rotatable bonds is 6. The van der Waals surface area contributed by atoms with Crippen molar-refractivity contribution in [3.63, 3.8) is 0 Å². The summed E-state index contributed by atoms with van der Waals surface area (Å²) in [7, 11) is 0. The van der Waals surface area contributed by atoms with Gasteiger partial charge >= 0.3 is 0 Å². The van der Waals surface area contributed by atoms with Gasteiger partial charge in [-0.2, -0.15) is 0 Å². The predicted molar refractivity (Wildman–Crippen MR) is 96.0 cm³/mol. The van der Waals surface area contributed by atoms with E-state index in [0.29, 0.717) is 11.6 Å². The van der Waals surface area contributed by atoms with Crippen LogP contribution in [0.5, 0.6) is 0 Å². The molecular weight excluding hydrogens is 308 g/mol. The number of hydrogen-bond acceptors (Lipinski definition) is 2. The van der Waals surface area contributed by atoms with Crippen LogP contribution in [0.2, 0.25) is 5.02 Å². The lowest BCUT2D eigenvalue weighted by Gasteiger charge is -2.12. The van der Waals surface area contributed by atoms with Gasteiger partial charge < -0.3 is 15.4 Å². The Hall–Kier alpha value is -1.81. The van der Waals surface area contributed by atoms with Crippen molar-refractivity contribution >= 4 is 22.5 Å². The van der Waals surface area contributed by atoms with Gasteiger partial charge in [-0.25, -0.2) is 0 Å². The summed E-state index contributed by atoms with van der Waals surface area (Å²) in [5.74, 6) is 0. The summed E-state index contributed by atoms with van der Waals surface area (Å²) in [6.45, 7) is 3.43. The van der Waals surface area contributed by atoms with E-state index >= 15 is 0 Å². The summed E-state index contributed by atoms with van der Waals surface area (Å²) in [6, 6.07) is 13.8. The SMILES string of the molecule is Cc1ccc2c(CCNCC(O)c3cccc(Cl)c3)c[nH]c2c1. The lowest BCUT2D eigenvalue weighted by atomic mass is 10.1. The van der Waals surface area contributed by atoms with Crippen LogP contribution in [0.4, 0.5) is 0 Å². The first kappa shape index (κ1) is 16.1. The van der Waals surface area contributed by atoms with Crippen LogP contribution in [0.1, 0.15) is 22.8 Å². The van der Waals surface area contributed by atoms with Crippen LogP contribution in [0, 0.1) is 6.92 Å². The zero-order chi connectivity index (χ0) is 16.2.